The number of esters is 4. The Kier molecular flexibility index (Phi) is 26.7. The summed E-state index contributed by atoms with van der Waals surface area (Å²) in [6.07, 6.45) is -25.3. The van der Waals surface area contributed by atoms with Crippen molar-refractivity contribution < 1.29 is 114 Å². The van der Waals surface area contributed by atoms with Crippen LogP contribution in [-0.4, -0.2) is 194 Å². The van der Waals surface area contributed by atoms with Crippen molar-refractivity contribution >= 4 is 23.9 Å². The normalized spacial score (nSPS) is 31.2. The van der Waals surface area contributed by atoms with E-state index in [1.807, 2.05) is 103 Å². The van der Waals surface area contributed by atoms with Crippen LogP contribution in [0.25, 0.3) is 0 Å². The first-order valence-corrected chi connectivity index (χ1v) is 30.8. The van der Waals surface area contributed by atoms with E-state index in [-0.39, 0.29) is 39.6 Å². The van der Waals surface area contributed by atoms with Gasteiger partial charge in [-0.3, -0.25) is 9.59 Å². The monoisotopic (exact) mass is 1300 g/mol. The Bertz CT molecular complexity index is 3040. The average molecular weight is 1300 g/mol. The molecule has 5 aromatic rings. The summed E-state index contributed by atoms with van der Waals surface area (Å²) >= 11 is 0. The summed E-state index contributed by atoms with van der Waals surface area (Å²) in [5, 5.41) is 11.5. The largest absolute Gasteiger partial charge is 0.463 e. The molecule has 0 aliphatic carbocycles. The zero-order chi connectivity index (χ0) is 65.8. The van der Waals surface area contributed by atoms with E-state index in [1.165, 1.54) is 49.4 Å². The van der Waals surface area contributed by atoms with Gasteiger partial charge >= 0.3 is 23.9 Å². The third kappa shape index (κ3) is 18.6. The van der Waals surface area contributed by atoms with Gasteiger partial charge in [-0.2, -0.15) is 0 Å². The SMILES string of the molecule is COC1C(OC)[C@H](O[C@H]2O[C@@H](COC(C)=O)[C@@H](O[C@@H]3OC(C(=O)OCc4ccccc4)[C@@H](O)[C@H](OC)C3OC)C(OC(C)=O)C2C)[C@H](C(=O)OCc2ccccc2)O[C@H]1O[C@@H]1C(COCc2ccccc2)O[C@@H](OC)C(OCc2ccccc2)[C@@H]1OCc1ccccc1. The maximum atomic E-state index is 15.1. The van der Waals surface area contributed by atoms with Gasteiger partial charge in [0.05, 0.1) is 26.4 Å². The molecular formula is C69H84O24. The van der Waals surface area contributed by atoms with E-state index in [0.29, 0.717) is 11.1 Å². The van der Waals surface area contributed by atoms with E-state index >= 15 is 4.79 Å². The number of hydrogen-bond acceptors (Lipinski definition) is 24. The Balaban J connectivity index is 1.05. The summed E-state index contributed by atoms with van der Waals surface area (Å²) in [5.74, 6) is -4.38. The van der Waals surface area contributed by atoms with Crippen LogP contribution in [0.4, 0.5) is 0 Å². The van der Waals surface area contributed by atoms with Gasteiger partial charge in [-0.05, 0) is 27.8 Å². The van der Waals surface area contributed by atoms with Gasteiger partial charge in [0.25, 0.3) is 0 Å². The molecule has 4 aliphatic heterocycles. The Morgan fingerprint density at radius 3 is 1.26 bits per heavy atom. The van der Waals surface area contributed by atoms with Gasteiger partial charge in [-0.1, -0.05) is 159 Å². The smallest absolute Gasteiger partial charge is 0.338 e. The molecule has 0 bridgehead atoms. The van der Waals surface area contributed by atoms with Crippen molar-refractivity contribution in [2.75, 3.05) is 48.8 Å². The van der Waals surface area contributed by atoms with Gasteiger partial charge in [0.2, 0.25) is 0 Å². The van der Waals surface area contributed by atoms with Gasteiger partial charge in [-0.15, -0.1) is 0 Å². The second-order valence-corrected chi connectivity index (χ2v) is 22.7. The summed E-state index contributed by atoms with van der Waals surface area (Å²) in [4.78, 5) is 54.9. The van der Waals surface area contributed by atoms with Gasteiger partial charge < -0.3 is 95.1 Å². The fourth-order valence-corrected chi connectivity index (χ4v) is 11.7. The Hall–Kier alpha value is -6.66. The topological polar surface area (TPSA) is 264 Å². The number of methoxy groups -OCH3 is 5. The van der Waals surface area contributed by atoms with Crippen LogP contribution in [0.3, 0.4) is 0 Å². The van der Waals surface area contributed by atoms with Crippen LogP contribution < -0.4 is 0 Å². The van der Waals surface area contributed by atoms with Crippen molar-refractivity contribution in [3.8, 4) is 0 Å². The van der Waals surface area contributed by atoms with Crippen molar-refractivity contribution in [1.29, 1.82) is 0 Å². The number of rotatable bonds is 30. The first-order chi connectivity index (χ1) is 45.2. The van der Waals surface area contributed by atoms with E-state index in [2.05, 4.69) is 0 Å². The molecule has 24 heteroatoms. The van der Waals surface area contributed by atoms with Crippen LogP contribution in [0.1, 0.15) is 48.6 Å². The minimum atomic E-state index is -1.72. The van der Waals surface area contributed by atoms with Crippen molar-refractivity contribution in [2.24, 2.45) is 5.92 Å². The molecule has 5 aromatic carbocycles. The molecule has 93 heavy (non-hydrogen) atoms. The first kappa shape index (κ1) is 70.7. The molecule has 4 heterocycles. The predicted octanol–water partition coefficient (Wildman–Crippen LogP) is 6.11. The lowest BCUT2D eigenvalue weighted by Crippen LogP contribution is -2.68. The van der Waals surface area contributed by atoms with Crippen LogP contribution in [0.5, 0.6) is 0 Å². The van der Waals surface area contributed by atoms with Crippen molar-refractivity contribution in [1.82, 2.24) is 0 Å². The molecule has 0 saturated carbocycles. The van der Waals surface area contributed by atoms with Crippen molar-refractivity contribution in [3.63, 3.8) is 0 Å². The molecule has 0 amide bonds. The molecule has 4 fully saturated rings. The lowest BCUT2D eigenvalue weighted by molar-refractivity contribution is -0.385. The third-order valence-electron chi connectivity index (χ3n) is 16.4. The number of carbonyl (C=O) groups is 4. The molecule has 9 rings (SSSR count). The number of ether oxygens (including phenoxy) is 19. The summed E-state index contributed by atoms with van der Waals surface area (Å²) in [6, 6.07) is 46.6. The molecule has 24 nitrogen and oxygen atoms in total. The second-order valence-electron chi connectivity index (χ2n) is 22.7. The van der Waals surface area contributed by atoms with Crippen LogP contribution in [0.2, 0.25) is 0 Å². The molecule has 8 unspecified atom stereocenters. The van der Waals surface area contributed by atoms with Gasteiger partial charge in [-0.25, -0.2) is 9.59 Å². The number of hydrogen-bond donors (Lipinski definition) is 1. The highest BCUT2D eigenvalue weighted by molar-refractivity contribution is 5.76. The maximum absolute atomic E-state index is 15.1. The van der Waals surface area contributed by atoms with Crippen LogP contribution in [-0.2, 0) is 142 Å². The minimum absolute atomic E-state index is 0.0577. The van der Waals surface area contributed by atoms with Crippen LogP contribution >= 0.6 is 0 Å². The number of aliphatic hydroxyl groups is 1. The van der Waals surface area contributed by atoms with E-state index in [9.17, 15) is 19.5 Å². The zero-order valence-corrected chi connectivity index (χ0v) is 53.3. The standard InChI is InChI=1S/C69H84O24/c1-41-52(86-43(3)71)53(89-68-61(77-6)55(75-4)51(72)56(91-68)64(73)84-37-47-30-20-12-21-31-47)50(40-81-42(2)70)87-66(41)92-59-57(76-5)62(78-7)69(93-60(59)65(74)85-38-48-32-22-13-23-33-48)90-54-49(39-80-34-44-24-14-9-15-25-44)88-67(79-8)63(83-36-46-28-18-11-19-29-46)58(54)82-35-45-26-16-10-17-27-45/h9-33,41,49-63,66-69,72H,34-40H2,1-8H3/t41?,49?,50-,51-,52?,53+,54+,55-,56?,57?,58+,59-,60+,61?,62?,63?,66+,67+,68+,69+/m0/s1. The molecule has 4 aliphatic rings. The van der Waals surface area contributed by atoms with Crippen LogP contribution in [0.15, 0.2) is 152 Å². The summed E-state index contributed by atoms with van der Waals surface area (Å²) in [7, 11) is 6.93. The molecule has 0 spiro atoms. The fourth-order valence-electron chi connectivity index (χ4n) is 11.7. The first-order valence-electron chi connectivity index (χ1n) is 30.8. The quantitative estimate of drug-likeness (QED) is 0.0401. The summed E-state index contributed by atoms with van der Waals surface area (Å²) in [5.41, 5.74) is 3.93. The van der Waals surface area contributed by atoms with E-state index in [0.717, 1.165) is 16.7 Å². The fraction of sp³-hybridized carbons (Fsp3) is 0.507. The summed E-state index contributed by atoms with van der Waals surface area (Å²) in [6.45, 7) is 3.49. The molecule has 0 radical (unpaired) electrons. The van der Waals surface area contributed by atoms with Crippen molar-refractivity contribution in [2.45, 2.75) is 171 Å². The van der Waals surface area contributed by atoms with E-state index in [4.69, 9.17) is 90.0 Å². The zero-order valence-electron chi connectivity index (χ0n) is 53.3. The van der Waals surface area contributed by atoms with E-state index in [1.54, 1.807) is 55.5 Å². The van der Waals surface area contributed by atoms with Gasteiger partial charge in [0.1, 0.15) is 99.2 Å². The molecular weight excluding hydrogens is 1210 g/mol. The number of aliphatic hydroxyl groups excluding tert-OH is 1. The lowest BCUT2D eigenvalue weighted by Gasteiger charge is -2.51. The third-order valence-corrected chi connectivity index (χ3v) is 16.4. The molecule has 1 N–H and O–H groups in total. The highest BCUT2D eigenvalue weighted by Crippen LogP contribution is 2.40. The lowest BCUT2D eigenvalue weighted by atomic mass is 9.90. The Morgan fingerprint density at radius 1 is 0.376 bits per heavy atom. The van der Waals surface area contributed by atoms with E-state index < -0.39 is 153 Å². The highest BCUT2D eigenvalue weighted by Gasteiger charge is 2.59. The maximum Gasteiger partial charge on any atom is 0.338 e. The number of benzene rings is 5. The Labute approximate surface area is 540 Å². The number of carbonyl (C=O) groups excluding carboxylic acids is 4. The molecule has 4 saturated heterocycles. The average Bonchev–Trinajstić information content (AvgIpc) is 0.811. The molecule has 504 valence electrons. The predicted molar refractivity (Wildman–Crippen MR) is 325 cm³/mol. The van der Waals surface area contributed by atoms with Gasteiger partial charge in [0.15, 0.2) is 37.4 Å². The van der Waals surface area contributed by atoms with Crippen molar-refractivity contribution in [3.05, 3.63) is 179 Å². The minimum Gasteiger partial charge on any atom is -0.463 e. The molecule has 20 atom stereocenters. The Morgan fingerprint density at radius 2 is 0.785 bits per heavy atom. The molecule has 0 aromatic heterocycles. The van der Waals surface area contributed by atoms with Crippen LogP contribution in [0, 0.1) is 5.92 Å². The highest BCUT2D eigenvalue weighted by atomic mass is 16.8. The van der Waals surface area contributed by atoms with Gasteiger partial charge in [0, 0.05) is 55.3 Å². The second kappa shape index (κ2) is 35.2. The summed E-state index contributed by atoms with van der Waals surface area (Å²) < 4.78 is 121.